The molecule has 1 aliphatic heterocycles. The van der Waals surface area contributed by atoms with Crippen molar-refractivity contribution in [1.29, 1.82) is 0 Å². The number of nitrogens with one attached hydrogen (secondary N) is 1. The molecule has 0 fully saturated rings. The highest BCUT2D eigenvalue weighted by molar-refractivity contribution is 5.85. The molecule has 1 aromatic rings. The van der Waals surface area contributed by atoms with Crippen LogP contribution in [-0.2, 0) is 20.1 Å². The number of aromatic nitrogens is 2. The van der Waals surface area contributed by atoms with Crippen LogP contribution in [0.2, 0.25) is 0 Å². The van der Waals surface area contributed by atoms with Crippen LogP contribution < -0.4 is 10.9 Å². The van der Waals surface area contributed by atoms with E-state index in [0.29, 0.717) is 6.54 Å². The van der Waals surface area contributed by atoms with Crippen molar-refractivity contribution in [3.8, 4) is 0 Å². The van der Waals surface area contributed by atoms with E-state index in [0.717, 1.165) is 23.6 Å². The van der Waals surface area contributed by atoms with E-state index in [1.54, 1.807) is 11.6 Å². The smallest absolute Gasteiger partial charge is 0.258 e. The Kier molecular flexibility index (Phi) is 6.80. The van der Waals surface area contributed by atoms with Gasteiger partial charge < -0.3 is 10.8 Å². The van der Waals surface area contributed by atoms with Crippen molar-refractivity contribution in [3.63, 3.8) is 0 Å². The second kappa shape index (κ2) is 6.07. The zero-order valence-corrected chi connectivity index (χ0v) is 10.2. The van der Waals surface area contributed by atoms with Crippen molar-refractivity contribution in [3.05, 3.63) is 27.4 Å². The minimum absolute atomic E-state index is 0. The van der Waals surface area contributed by atoms with Gasteiger partial charge >= 0.3 is 0 Å². The van der Waals surface area contributed by atoms with Gasteiger partial charge in [0.2, 0.25) is 0 Å². The third-order valence-electron chi connectivity index (χ3n) is 2.29. The molecule has 1 aliphatic rings. The molecule has 0 aliphatic carbocycles. The van der Waals surface area contributed by atoms with Gasteiger partial charge in [-0.05, 0) is 6.92 Å². The molecule has 0 saturated carbocycles. The summed E-state index contributed by atoms with van der Waals surface area (Å²) in [6.45, 7) is 3.24. The van der Waals surface area contributed by atoms with E-state index in [1.807, 2.05) is 6.92 Å². The van der Waals surface area contributed by atoms with E-state index in [1.165, 1.54) is 0 Å². The van der Waals surface area contributed by atoms with Crippen molar-refractivity contribution in [2.24, 2.45) is 7.05 Å². The molecule has 1 aromatic heterocycles. The summed E-state index contributed by atoms with van der Waals surface area (Å²) in [5.41, 5.74) is 1.82. The van der Waals surface area contributed by atoms with E-state index >= 15 is 0 Å². The lowest BCUT2D eigenvalue weighted by Crippen LogP contribution is -2.24. The number of halogens is 2. The summed E-state index contributed by atoms with van der Waals surface area (Å²) in [5.74, 6) is 0.780. The van der Waals surface area contributed by atoms with Crippen LogP contribution in [0.5, 0.6) is 0 Å². The first kappa shape index (κ1) is 16.8. The molecule has 0 amide bonds. The number of hydrogen-bond donors (Lipinski definition) is 1. The van der Waals surface area contributed by atoms with Gasteiger partial charge in [0.1, 0.15) is 5.82 Å². The maximum Gasteiger partial charge on any atom is 0.258 e. The molecule has 15 heavy (non-hydrogen) atoms. The van der Waals surface area contributed by atoms with Crippen LogP contribution in [0.4, 0.5) is 0 Å². The van der Waals surface area contributed by atoms with Crippen LogP contribution in [0.25, 0.3) is 0 Å². The van der Waals surface area contributed by atoms with Gasteiger partial charge in [-0.3, -0.25) is 9.36 Å². The molecule has 0 aromatic carbocycles. The molecule has 0 saturated heterocycles. The molecule has 0 unspecified atom stereocenters. The third-order valence-corrected chi connectivity index (χ3v) is 2.29. The lowest BCUT2D eigenvalue weighted by atomic mass is 10.2. The Morgan fingerprint density at radius 2 is 1.93 bits per heavy atom. The van der Waals surface area contributed by atoms with Crippen molar-refractivity contribution < 1.29 is 5.48 Å². The highest BCUT2D eigenvalue weighted by atomic mass is 35.5. The maximum atomic E-state index is 11.6. The largest absolute Gasteiger partial charge is 0.412 e. The Morgan fingerprint density at radius 3 is 2.53 bits per heavy atom. The Morgan fingerprint density at radius 1 is 1.33 bits per heavy atom. The molecule has 0 bridgehead atoms. The molecule has 2 rings (SSSR count). The van der Waals surface area contributed by atoms with E-state index < -0.39 is 0 Å². The molecule has 0 radical (unpaired) electrons. The van der Waals surface area contributed by atoms with Gasteiger partial charge in [-0.2, -0.15) is 0 Å². The molecule has 0 atom stereocenters. The van der Waals surface area contributed by atoms with Crippen LogP contribution >= 0.6 is 24.8 Å². The van der Waals surface area contributed by atoms with Gasteiger partial charge in [0.25, 0.3) is 5.56 Å². The van der Waals surface area contributed by atoms with Crippen molar-refractivity contribution >= 4 is 24.8 Å². The van der Waals surface area contributed by atoms with Gasteiger partial charge in [-0.1, -0.05) is 0 Å². The Hall–Kier alpha value is -0.620. The molecule has 88 valence electrons. The van der Waals surface area contributed by atoms with Gasteiger partial charge in [0, 0.05) is 20.1 Å². The SMILES string of the molecule is Cc1nc2c(c(=O)n1C)CNC2.Cl.Cl.O. The van der Waals surface area contributed by atoms with Crippen LogP contribution in [0.15, 0.2) is 4.79 Å². The Labute approximate surface area is 100 Å². The molecule has 3 N–H and O–H groups in total. The summed E-state index contributed by atoms with van der Waals surface area (Å²) in [6, 6.07) is 0. The molecule has 7 heteroatoms. The normalized spacial score (nSPS) is 11.9. The summed E-state index contributed by atoms with van der Waals surface area (Å²) in [5, 5.41) is 3.11. The standard InChI is InChI=1S/C8H11N3O.2ClH.H2O/c1-5-10-7-4-9-3-6(7)8(12)11(5)2;;;/h9H,3-4H2,1-2H3;2*1H;1H2. The topological polar surface area (TPSA) is 78.4 Å². The number of aryl methyl sites for hydroxylation is 1. The summed E-state index contributed by atoms with van der Waals surface area (Å²) in [6.07, 6.45) is 0. The first-order chi connectivity index (χ1) is 5.70. The lowest BCUT2D eigenvalue weighted by molar-refractivity contribution is 0.753. The lowest BCUT2D eigenvalue weighted by Gasteiger charge is -2.04. The second-order valence-corrected chi connectivity index (χ2v) is 3.05. The predicted octanol–water partition coefficient (Wildman–Crippen LogP) is -0.289. The van der Waals surface area contributed by atoms with Gasteiger partial charge in [-0.25, -0.2) is 4.98 Å². The number of nitrogens with zero attached hydrogens (tertiary/aromatic N) is 2. The van der Waals surface area contributed by atoms with Crippen molar-refractivity contribution in [2.45, 2.75) is 20.0 Å². The predicted molar refractivity (Wildman–Crippen MR) is 62.9 cm³/mol. The quantitative estimate of drug-likeness (QED) is 0.692. The monoisotopic (exact) mass is 255 g/mol. The molecule has 5 nitrogen and oxygen atoms in total. The van der Waals surface area contributed by atoms with Crippen LogP contribution in [0.3, 0.4) is 0 Å². The zero-order valence-electron chi connectivity index (χ0n) is 8.53. The minimum Gasteiger partial charge on any atom is -0.412 e. The fourth-order valence-corrected chi connectivity index (χ4v) is 1.44. The fraction of sp³-hybridized carbons (Fsp3) is 0.500. The summed E-state index contributed by atoms with van der Waals surface area (Å²) in [4.78, 5) is 15.9. The van der Waals surface area contributed by atoms with Crippen molar-refractivity contribution in [1.82, 2.24) is 14.9 Å². The summed E-state index contributed by atoms with van der Waals surface area (Å²) < 4.78 is 1.59. The molecule has 2 heterocycles. The third kappa shape index (κ3) is 2.69. The van der Waals surface area contributed by atoms with Gasteiger partial charge in [0.05, 0.1) is 11.3 Å². The second-order valence-electron chi connectivity index (χ2n) is 3.05. The maximum absolute atomic E-state index is 11.6. The molecular formula is C8H15Cl2N3O2. The van der Waals surface area contributed by atoms with Gasteiger partial charge in [0.15, 0.2) is 0 Å². The molecule has 0 spiro atoms. The highest BCUT2D eigenvalue weighted by Crippen LogP contribution is 2.07. The Balaban J connectivity index is 0. The van der Waals surface area contributed by atoms with Crippen LogP contribution in [0.1, 0.15) is 17.1 Å². The average molecular weight is 256 g/mol. The highest BCUT2D eigenvalue weighted by Gasteiger charge is 2.16. The number of rotatable bonds is 0. The zero-order chi connectivity index (χ0) is 8.72. The average Bonchev–Trinajstić information content (AvgIpc) is 2.48. The minimum atomic E-state index is 0. The molecular weight excluding hydrogens is 241 g/mol. The summed E-state index contributed by atoms with van der Waals surface area (Å²) >= 11 is 0. The number of fused-ring (bicyclic) bond motifs is 1. The van der Waals surface area contributed by atoms with Crippen LogP contribution in [0, 0.1) is 6.92 Å². The fourth-order valence-electron chi connectivity index (χ4n) is 1.44. The van der Waals surface area contributed by atoms with Crippen LogP contribution in [-0.4, -0.2) is 15.0 Å². The summed E-state index contributed by atoms with van der Waals surface area (Å²) in [7, 11) is 1.75. The Bertz CT molecular complexity index is 392. The van der Waals surface area contributed by atoms with E-state index in [9.17, 15) is 4.79 Å². The number of hydrogen-bond acceptors (Lipinski definition) is 3. The van der Waals surface area contributed by atoms with E-state index in [4.69, 9.17) is 0 Å². The first-order valence-electron chi connectivity index (χ1n) is 3.96. The van der Waals surface area contributed by atoms with Gasteiger partial charge in [-0.15, -0.1) is 24.8 Å². The van der Waals surface area contributed by atoms with Crippen molar-refractivity contribution in [2.75, 3.05) is 0 Å². The van der Waals surface area contributed by atoms with E-state index in [-0.39, 0.29) is 35.8 Å². The van der Waals surface area contributed by atoms with E-state index in [2.05, 4.69) is 10.3 Å². The first-order valence-corrected chi connectivity index (χ1v) is 3.96.